The van der Waals surface area contributed by atoms with Gasteiger partial charge in [-0.2, -0.15) is 0 Å². The average molecular weight is 308 g/mol. The number of methoxy groups -OCH3 is 1. The molecule has 116 valence electrons. The van der Waals surface area contributed by atoms with Crippen LogP contribution < -0.4 is 0 Å². The first-order valence-corrected chi connectivity index (χ1v) is 7.20. The Kier molecular flexibility index (Phi) is 4.10. The van der Waals surface area contributed by atoms with Crippen LogP contribution in [-0.4, -0.2) is 29.0 Å². The molecule has 0 fully saturated rings. The highest BCUT2D eigenvalue weighted by Crippen LogP contribution is 2.21. The molecule has 0 amide bonds. The minimum absolute atomic E-state index is 0.209. The molecule has 1 aromatic heterocycles. The SMILES string of the molecule is COC(=O)c1[nH]c2ccccc2c1/C=[N+](\[O-])Cc1ccccc1. The van der Waals surface area contributed by atoms with Crippen LogP contribution in [0.25, 0.3) is 10.9 Å². The molecule has 0 bridgehead atoms. The fourth-order valence-electron chi connectivity index (χ4n) is 2.51. The minimum Gasteiger partial charge on any atom is -0.624 e. The van der Waals surface area contributed by atoms with Gasteiger partial charge in [-0.15, -0.1) is 0 Å². The Morgan fingerprint density at radius 1 is 1.17 bits per heavy atom. The van der Waals surface area contributed by atoms with Gasteiger partial charge in [0.1, 0.15) is 5.69 Å². The van der Waals surface area contributed by atoms with E-state index in [-0.39, 0.29) is 12.2 Å². The largest absolute Gasteiger partial charge is 0.624 e. The van der Waals surface area contributed by atoms with Crippen molar-refractivity contribution in [3.05, 3.63) is 76.6 Å². The number of hydrogen-bond donors (Lipinski definition) is 1. The number of benzene rings is 2. The molecule has 0 radical (unpaired) electrons. The Labute approximate surface area is 133 Å². The van der Waals surface area contributed by atoms with Crippen molar-refractivity contribution in [2.24, 2.45) is 0 Å². The van der Waals surface area contributed by atoms with Gasteiger partial charge in [0.2, 0.25) is 0 Å². The summed E-state index contributed by atoms with van der Waals surface area (Å²) < 4.78 is 5.61. The molecule has 3 aromatic rings. The summed E-state index contributed by atoms with van der Waals surface area (Å²) >= 11 is 0. The number of para-hydroxylation sites is 1. The average Bonchev–Trinajstić information content (AvgIpc) is 2.94. The zero-order chi connectivity index (χ0) is 16.2. The van der Waals surface area contributed by atoms with Crippen LogP contribution >= 0.6 is 0 Å². The molecule has 0 unspecified atom stereocenters. The Morgan fingerprint density at radius 3 is 2.61 bits per heavy atom. The molecule has 0 aliphatic rings. The van der Waals surface area contributed by atoms with E-state index in [2.05, 4.69) is 4.98 Å². The number of aromatic nitrogens is 1. The van der Waals surface area contributed by atoms with Crippen molar-refractivity contribution in [1.29, 1.82) is 0 Å². The number of hydroxylamine groups is 1. The molecule has 2 aromatic carbocycles. The molecule has 5 nitrogen and oxygen atoms in total. The Bertz CT molecular complexity index is 866. The van der Waals surface area contributed by atoms with Gasteiger partial charge in [0.05, 0.1) is 12.7 Å². The third kappa shape index (κ3) is 3.08. The van der Waals surface area contributed by atoms with Crippen molar-refractivity contribution in [2.75, 3.05) is 7.11 Å². The van der Waals surface area contributed by atoms with Crippen LogP contribution in [0.2, 0.25) is 0 Å². The molecule has 23 heavy (non-hydrogen) atoms. The van der Waals surface area contributed by atoms with Crippen molar-refractivity contribution < 1.29 is 14.3 Å². The maximum Gasteiger partial charge on any atom is 0.355 e. The second kappa shape index (κ2) is 6.36. The van der Waals surface area contributed by atoms with E-state index in [1.54, 1.807) is 0 Å². The van der Waals surface area contributed by atoms with Gasteiger partial charge < -0.3 is 14.9 Å². The van der Waals surface area contributed by atoms with Crippen molar-refractivity contribution in [3.8, 4) is 0 Å². The van der Waals surface area contributed by atoms with Crippen molar-refractivity contribution >= 4 is 23.1 Å². The van der Waals surface area contributed by atoms with E-state index in [1.807, 2.05) is 54.6 Å². The zero-order valence-electron chi connectivity index (χ0n) is 12.7. The summed E-state index contributed by atoms with van der Waals surface area (Å²) in [7, 11) is 1.32. The number of hydrogen-bond acceptors (Lipinski definition) is 3. The third-order valence-electron chi connectivity index (χ3n) is 3.59. The Balaban J connectivity index is 2.03. The van der Waals surface area contributed by atoms with Gasteiger partial charge in [-0.3, -0.25) is 0 Å². The maximum absolute atomic E-state index is 12.3. The number of rotatable bonds is 4. The fourth-order valence-corrected chi connectivity index (χ4v) is 2.51. The van der Waals surface area contributed by atoms with Crippen LogP contribution in [0.15, 0.2) is 54.6 Å². The number of carbonyl (C=O) groups is 1. The van der Waals surface area contributed by atoms with E-state index in [9.17, 15) is 10.0 Å². The molecule has 5 heteroatoms. The van der Waals surface area contributed by atoms with Gasteiger partial charge in [-0.1, -0.05) is 48.5 Å². The first kappa shape index (κ1) is 14.8. The molecule has 1 N–H and O–H groups in total. The molecule has 0 saturated heterocycles. The van der Waals surface area contributed by atoms with Gasteiger partial charge in [0.15, 0.2) is 12.8 Å². The second-order valence-corrected chi connectivity index (χ2v) is 5.14. The van der Waals surface area contributed by atoms with Crippen molar-refractivity contribution in [2.45, 2.75) is 6.54 Å². The van der Waals surface area contributed by atoms with E-state index >= 15 is 0 Å². The van der Waals surface area contributed by atoms with Crippen molar-refractivity contribution in [3.63, 3.8) is 0 Å². The summed E-state index contributed by atoms with van der Waals surface area (Å²) in [5.74, 6) is -0.499. The third-order valence-corrected chi connectivity index (χ3v) is 3.59. The van der Waals surface area contributed by atoms with Crippen LogP contribution in [0.1, 0.15) is 21.6 Å². The summed E-state index contributed by atoms with van der Waals surface area (Å²) in [5, 5.41) is 13.1. The number of fused-ring (bicyclic) bond motifs is 1. The van der Waals surface area contributed by atoms with Crippen molar-refractivity contribution in [1.82, 2.24) is 4.98 Å². The predicted octanol–water partition coefficient (Wildman–Crippen LogP) is 3.08. The lowest BCUT2D eigenvalue weighted by Gasteiger charge is -2.04. The molecule has 3 rings (SSSR count). The summed E-state index contributed by atoms with van der Waals surface area (Å²) in [6, 6.07) is 16.9. The highest BCUT2D eigenvalue weighted by atomic mass is 16.5. The van der Waals surface area contributed by atoms with Gasteiger partial charge in [0.25, 0.3) is 0 Å². The first-order chi connectivity index (χ1) is 11.2. The topological polar surface area (TPSA) is 68.2 Å². The van der Waals surface area contributed by atoms with E-state index in [4.69, 9.17) is 4.74 Å². The van der Waals surface area contributed by atoms with Gasteiger partial charge in [-0.25, -0.2) is 9.53 Å². The fraction of sp³-hybridized carbons (Fsp3) is 0.111. The Morgan fingerprint density at radius 2 is 1.87 bits per heavy atom. The summed E-state index contributed by atoms with van der Waals surface area (Å²) in [4.78, 5) is 15.0. The number of ether oxygens (including phenoxy) is 1. The number of aromatic amines is 1. The lowest BCUT2D eigenvalue weighted by molar-refractivity contribution is -0.469. The van der Waals surface area contributed by atoms with E-state index in [0.717, 1.165) is 21.2 Å². The predicted molar refractivity (Wildman–Crippen MR) is 88.6 cm³/mol. The van der Waals surface area contributed by atoms with Gasteiger partial charge in [0, 0.05) is 16.5 Å². The van der Waals surface area contributed by atoms with Crippen LogP contribution in [0.4, 0.5) is 0 Å². The number of H-pyrrole nitrogens is 1. The first-order valence-electron chi connectivity index (χ1n) is 7.20. The molecule has 0 aliphatic carbocycles. The normalized spacial score (nSPS) is 11.6. The number of carbonyl (C=O) groups excluding carboxylic acids is 1. The van der Waals surface area contributed by atoms with E-state index in [0.29, 0.717) is 5.56 Å². The van der Waals surface area contributed by atoms with Gasteiger partial charge in [-0.05, 0) is 6.07 Å². The second-order valence-electron chi connectivity index (χ2n) is 5.14. The van der Waals surface area contributed by atoms with Crippen LogP contribution in [-0.2, 0) is 11.3 Å². The van der Waals surface area contributed by atoms with E-state index in [1.165, 1.54) is 13.3 Å². The summed E-state index contributed by atoms with van der Waals surface area (Å²) in [6.45, 7) is 0.209. The minimum atomic E-state index is -0.499. The van der Waals surface area contributed by atoms with Crippen LogP contribution in [0, 0.1) is 5.21 Å². The molecule has 0 atom stereocenters. The lowest BCUT2D eigenvalue weighted by atomic mass is 10.1. The maximum atomic E-state index is 12.3. The number of nitrogens with zero attached hydrogens (tertiary/aromatic N) is 1. The molecular formula is C18H16N2O3. The summed E-state index contributed by atoms with van der Waals surface area (Å²) in [6.07, 6.45) is 1.43. The lowest BCUT2D eigenvalue weighted by Crippen LogP contribution is -2.10. The molecule has 1 heterocycles. The Hall–Kier alpha value is -3.08. The highest BCUT2D eigenvalue weighted by molar-refractivity contribution is 6.08. The van der Waals surface area contributed by atoms with Crippen LogP contribution in [0.5, 0.6) is 0 Å². The monoisotopic (exact) mass is 308 g/mol. The molecule has 0 saturated carbocycles. The smallest absolute Gasteiger partial charge is 0.355 e. The number of esters is 1. The summed E-state index contributed by atoms with van der Waals surface area (Å²) in [5.41, 5.74) is 2.51. The molecule has 0 spiro atoms. The molecule has 0 aliphatic heterocycles. The van der Waals surface area contributed by atoms with Gasteiger partial charge >= 0.3 is 5.97 Å². The van der Waals surface area contributed by atoms with E-state index < -0.39 is 5.97 Å². The number of nitrogens with one attached hydrogen (secondary N) is 1. The zero-order valence-corrected chi connectivity index (χ0v) is 12.7. The quantitative estimate of drug-likeness (QED) is 0.265. The highest BCUT2D eigenvalue weighted by Gasteiger charge is 2.19. The van der Waals surface area contributed by atoms with Crippen LogP contribution in [0.3, 0.4) is 0 Å². The molecular weight excluding hydrogens is 292 g/mol. The standard InChI is InChI=1S/C18H16N2O3/c1-23-18(21)17-15(14-9-5-6-10-16(14)19-17)12-20(22)11-13-7-3-2-4-8-13/h2-10,12,19H,11H2,1H3/b20-12-.